The van der Waals surface area contributed by atoms with E-state index in [1.165, 1.54) is 0 Å². The third-order valence-corrected chi connectivity index (χ3v) is 3.22. The van der Waals surface area contributed by atoms with Crippen molar-refractivity contribution >= 4 is 17.4 Å². The molecule has 0 saturated heterocycles. The molecule has 102 valence electrons. The molecule has 0 aliphatic carbocycles. The summed E-state index contributed by atoms with van der Waals surface area (Å²) in [5.41, 5.74) is 0.977. The highest BCUT2D eigenvalue weighted by Gasteiger charge is 2.12. The second-order valence-corrected chi connectivity index (χ2v) is 4.67. The number of anilines is 1. The highest BCUT2D eigenvalue weighted by atomic mass is 32.2. The Balaban J connectivity index is 2.80. The Labute approximate surface area is 113 Å². The average molecular weight is 271 g/mol. The van der Waals surface area contributed by atoms with Gasteiger partial charge in [-0.1, -0.05) is 0 Å². The summed E-state index contributed by atoms with van der Waals surface area (Å²) in [5, 5.41) is 3.35. The molecule has 0 spiro atoms. The van der Waals surface area contributed by atoms with Crippen LogP contribution in [-0.4, -0.2) is 39.9 Å². The molecule has 0 unspecified atom stereocenters. The smallest absolute Gasteiger partial charge is 0.203 e. The monoisotopic (exact) mass is 271 g/mol. The Morgan fingerprint density at radius 3 is 2.11 bits per heavy atom. The van der Waals surface area contributed by atoms with Crippen molar-refractivity contribution in [1.82, 2.24) is 0 Å². The van der Waals surface area contributed by atoms with Gasteiger partial charge in [0.1, 0.15) is 0 Å². The summed E-state index contributed by atoms with van der Waals surface area (Å²) in [6.07, 6.45) is 3.23. The molecule has 0 aromatic heterocycles. The van der Waals surface area contributed by atoms with Crippen LogP contribution in [0.5, 0.6) is 17.2 Å². The van der Waals surface area contributed by atoms with E-state index in [0.29, 0.717) is 17.2 Å². The molecule has 0 saturated carbocycles. The molecule has 18 heavy (non-hydrogen) atoms. The first-order valence-electron chi connectivity index (χ1n) is 5.79. The first kappa shape index (κ1) is 14.8. The highest BCUT2D eigenvalue weighted by Crippen LogP contribution is 2.39. The van der Waals surface area contributed by atoms with Crippen molar-refractivity contribution in [2.75, 3.05) is 45.2 Å². The lowest BCUT2D eigenvalue weighted by atomic mass is 10.2. The molecule has 1 aromatic rings. The number of hydrogen-bond acceptors (Lipinski definition) is 5. The van der Waals surface area contributed by atoms with Gasteiger partial charge in [-0.25, -0.2) is 0 Å². The van der Waals surface area contributed by atoms with Crippen molar-refractivity contribution in [3.63, 3.8) is 0 Å². The van der Waals surface area contributed by atoms with Gasteiger partial charge in [-0.05, 0) is 18.4 Å². The fourth-order valence-electron chi connectivity index (χ4n) is 1.63. The van der Waals surface area contributed by atoms with Crippen molar-refractivity contribution in [3.8, 4) is 17.2 Å². The van der Waals surface area contributed by atoms with E-state index in [4.69, 9.17) is 14.2 Å². The van der Waals surface area contributed by atoms with E-state index in [1.54, 1.807) is 21.3 Å². The van der Waals surface area contributed by atoms with E-state index in [0.717, 1.165) is 24.4 Å². The summed E-state index contributed by atoms with van der Waals surface area (Å²) in [4.78, 5) is 0. The SMILES string of the molecule is COc1cc(NCCCSC)cc(OC)c1OC. The fraction of sp³-hybridized carbons (Fsp3) is 0.538. The molecule has 1 N–H and O–H groups in total. The summed E-state index contributed by atoms with van der Waals surface area (Å²) >= 11 is 1.85. The minimum absolute atomic E-state index is 0.620. The van der Waals surface area contributed by atoms with Gasteiger partial charge in [0.05, 0.1) is 21.3 Å². The van der Waals surface area contributed by atoms with Crippen LogP contribution in [0.4, 0.5) is 5.69 Å². The number of hydrogen-bond donors (Lipinski definition) is 1. The Morgan fingerprint density at radius 2 is 1.67 bits per heavy atom. The zero-order chi connectivity index (χ0) is 13.4. The lowest BCUT2D eigenvalue weighted by Crippen LogP contribution is -2.04. The van der Waals surface area contributed by atoms with Gasteiger partial charge in [0.25, 0.3) is 0 Å². The first-order chi connectivity index (χ1) is 8.76. The molecule has 1 aromatic carbocycles. The van der Waals surface area contributed by atoms with Crippen LogP contribution in [0.25, 0.3) is 0 Å². The van der Waals surface area contributed by atoms with Crippen molar-refractivity contribution < 1.29 is 14.2 Å². The van der Waals surface area contributed by atoms with Crippen LogP contribution in [0.15, 0.2) is 12.1 Å². The predicted octanol–water partition coefficient (Wildman–Crippen LogP) is 2.88. The van der Waals surface area contributed by atoms with E-state index in [2.05, 4.69) is 11.6 Å². The first-order valence-corrected chi connectivity index (χ1v) is 7.19. The van der Waals surface area contributed by atoms with Crippen molar-refractivity contribution in [2.45, 2.75) is 6.42 Å². The quantitative estimate of drug-likeness (QED) is 0.736. The Kier molecular flexibility index (Phi) is 6.57. The number of methoxy groups -OCH3 is 3. The molecule has 5 heteroatoms. The van der Waals surface area contributed by atoms with E-state index >= 15 is 0 Å². The second-order valence-electron chi connectivity index (χ2n) is 3.69. The van der Waals surface area contributed by atoms with Gasteiger partial charge in [0.2, 0.25) is 5.75 Å². The van der Waals surface area contributed by atoms with Crippen LogP contribution < -0.4 is 19.5 Å². The van der Waals surface area contributed by atoms with Crippen LogP contribution in [-0.2, 0) is 0 Å². The number of rotatable bonds is 8. The molecular weight excluding hydrogens is 250 g/mol. The van der Waals surface area contributed by atoms with Gasteiger partial charge in [-0.15, -0.1) is 0 Å². The van der Waals surface area contributed by atoms with Gasteiger partial charge < -0.3 is 19.5 Å². The summed E-state index contributed by atoms with van der Waals surface area (Å²) in [6.45, 7) is 0.930. The highest BCUT2D eigenvalue weighted by molar-refractivity contribution is 7.98. The molecule has 0 bridgehead atoms. The molecule has 0 heterocycles. The van der Waals surface area contributed by atoms with Crippen LogP contribution in [0, 0.1) is 0 Å². The van der Waals surface area contributed by atoms with Crippen molar-refractivity contribution in [1.29, 1.82) is 0 Å². The van der Waals surface area contributed by atoms with Gasteiger partial charge in [-0.2, -0.15) is 11.8 Å². The molecule has 4 nitrogen and oxygen atoms in total. The minimum Gasteiger partial charge on any atom is -0.493 e. The van der Waals surface area contributed by atoms with Crippen LogP contribution in [0.2, 0.25) is 0 Å². The van der Waals surface area contributed by atoms with Gasteiger partial charge >= 0.3 is 0 Å². The number of thioether (sulfide) groups is 1. The zero-order valence-electron chi connectivity index (χ0n) is 11.4. The molecule has 0 fully saturated rings. The maximum Gasteiger partial charge on any atom is 0.203 e. The summed E-state index contributed by atoms with van der Waals surface area (Å²) < 4.78 is 15.9. The third kappa shape index (κ3) is 3.91. The Hall–Kier alpha value is -1.23. The normalized spacial score (nSPS) is 10.0. The molecule has 0 radical (unpaired) electrons. The number of nitrogens with one attached hydrogen (secondary N) is 1. The zero-order valence-corrected chi connectivity index (χ0v) is 12.2. The topological polar surface area (TPSA) is 39.7 Å². The van der Waals surface area contributed by atoms with Crippen molar-refractivity contribution in [2.24, 2.45) is 0 Å². The Morgan fingerprint density at radius 1 is 1.06 bits per heavy atom. The van der Waals surface area contributed by atoms with Gasteiger partial charge in [0, 0.05) is 24.4 Å². The second kappa shape index (κ2) is 7.97. The Bertz CT molecular complexity index is 346. The van der Waals surface area contributed by atoms with E-state index in [-0.39, 0.29) is 0 Å². The molecule has 1 rings (SSSR count). The lowest BCUT2D eigenvalue weighted by molar-refractivity contribution is 0.324. The molecular formula is C13H21NO3S. The largest absolute Gasteiger partial charge is 0.493 e. The van der Waals surface area contributed by atoms with Gasteiger partial charge in [-0.3, -0.25) is 0 Å². The van der Waals surface area contributed by atoms with E-state index in [1.807, 2.05) is 23.9 Å². The predicted molar refractivity (Wildman–Crippen MR) is 77.6 cm³/mol. The van der Waals surface area contributed by atoms with Crippen LogP contribution >= 0.6 is 11.8 Å². The summed E-state index contributed by atoms with van der Waals surface area (Å²) in [7, 11) is 4.84. The van der Waals surface area contributed by atoms with Crippen molar-refractivity contribution in [3.05, 3.63) is 12.1 Å². The maximum absolute atomic E-state index is 5.30. The van der Waals surface area contributed by atoms with E-state index < -0.39 is 0 Å². The van der Waals surface area contributed by atoms with E-state index in [9.17, 15) is 0 Å². The molecule has 0 aliphatic heterocycles. The maximum atomic E-state index is 5.30. The molecule has 0 aliphatic rings. The third-order valence-electron chi connectivity index (χ3n) is 2.52. The molecule has 0 atom stereocenters. The number of ether oxygens (including phenoxy) is 3. The molecule has 0 amide bonds. The fourth-order valence-corrected chi connectivity index (χ4v) is 2.07. The average Bonchev–Trinajstić information content (AvgIpc) is 2.42. The number of benzene rings is 1. The van der Waals surface area contributed by atoms with Crippen LogP contribution in [0.1, 0.15) is 6.42 Å². The summed E-state index contributed by atoms with van der Waals surface area (Å²) in [5.74, 6) is 3.11. The summed E-state index contributed by atoms with van der Waals surface area (Å²) in [6, 6.07) is 3.83. The minimum atomic E-state index is 0.620. The van der Waals surface area contributed by atoms with Gasteiger partial charge in [0.15, 0.2) is 11.5 Å². The standard InChI is InChI=1S/C13H21NO3S/c1-15-11-8-10(14-6-5-7-18-4)9-12(16-2)13(11)17-3/h8-9,14H,5-7H2,1-4H3. The lowest BCUT2D eigenvalue weighted by Gasteiger charge is -2.15. The van der Waals surface area contributed by atoms with Crippen LogP contribution in [0.3, 0.4) is 0 Å².